The molecular weight excluding hydrogens is 166 g/mol. The van der Waals surface area contributed by atoms with Gasteiger partial charge in [0.15, 0.2) is 0 Å². The summed E-state index contributed by atoms with van der Waals surface area (Å²) in [4.78, 5) is 14.7. The maximum Gasteiger partial charge on any atom is 0.216 e. The van der Waals surface area contributed by atoms with Gasteiger partial charge in [-0.15, -0.1) is 0 Å². The number of nitrogens with two attached hydrogens (primary N) is 1. The molecule has 1 rings (SSSR count). The van der Waals surface area contributed by atoms with Gasteiger partial charge in [-0.25, -0.2) is 0 Å². The summed E-state index contributed by atoms with van der Waals surface area (Å²) in [5.74, 6) is -0.0774. The minimum absolute atomic E-state index is 0.0774. The fourth-order valence-electron chi connectivity index (χ4n) is 0.954. The first-order valence-electron chi connectivity index (χ1n) is 4.11. The molecule has 0 saturated heterocycles. The molecule has 1 aromatic heterocycles. The van der Waals surface area contributed by atoms with Crippen LogP contribution in [0.15, 0.2) is 24.4 Å². The molecule has 0 aromatic carbocycles. The van der Waals surface area contributed by atoms with E-state index in [0.29, 0.717) is 6.54 Å². The summed E-state index contributed by atoms with van der Waals surface area (Å²) >= 11 is 0. The van der Waals surface area contributed by atoms with Crippen LogP contribution in [-0.2, 0) is 4.79 Å². The van der Waals surface area contributed by atoms with Crippen molar-refractivity contribution in [3.63, 3.8) is 0 Å². The summed E-state index contributed by atoms with van der Waals surface area (Å²) in [6.45, 7) is 1.89. The predicted octanol–water partition coefficient (Wildman–Crippen LogP) is 0.217. The molecule has 0 radical (unpaired) electrons. The van der Waals surface area contributed by atoms with Gasteiger partial charge in [0.2, 0.25) is 5.91 Å². The Hall–Kier alpha value is -1.42. The lowest BCUT2D eigenvalue weighted by Gasteiger charge is -2.10. The van der Waals surface area contributed by atoms with Crippen LogP contribution < -0.4 is 11.1 Å². The number of nitrogens with zero attached hydrogens (tertiary/aromatic N) is 1. The predicted molar refractivity (Wildman–Crippen MR) is 49.8 cm³/mol. The van der Waals surface area contributed by atoms with Gasteiger partial charge in [-0.1, -0.05) is 6.07 Å². The molecule has 1 unspecified atom stereocenters. The lowest BCUT2D eigenvalue weighted by Crippen LogP contribution is -2.30. The third-order valence-corrected chi connectivity index (χ3v) is 1.64. The Kier molecular flexibility index (Phi) is 3.40. The lowest BCUT2D eigenvalue weighted by atomic mass is 10.2. The van der Waals surface area contributed by atoms with Gasteiger partial charge in [0.05, 0.1) is 11.7 Å². The summed E-state index contributed by atoms with van der Waals surface area (Å²) < 4.78 is 0. The number of pyridine rings is 1. The molecule has 0 saturated carbocycles. The van der Waals surface area contributed by atoms with Gasteiger partial charge in [-0.2, -0.15) is 0 Å². The van der Waals surface area contributed by atoms with Crippen molar-refractivity contribution in [3.05, 3.63) is 30.1 Å². The molecule has 1 heterocycles. The minimum Gasteiger partial charge on any atom is -0.354 e. The number of rotatable bonds is 3. The minimum atomic E-state index is -0.231. The van der Waals surface area contributed by atoms with Gasteiger partial charge < -0.3 is 11.1 Å². The Balaban J connectivity index is 2.49. The van der Waals surface area contributed by atoms with E-state index in [4.69, 9.17) is 5.73 Å². The zero-order valence-electron chi connectivity index (χ0n) is 7.53. The highest BCUT2D eigenvalue weighted by atomic mass is 16.1. The molecule has 0 aliphatic carbocycles. The summed E-state index contributed by atoms with van der Waals surface area (Å²) in [6, 6.07) is 5.31. The fourth-order valence-corrected chi connectivity index (χ4v) is 0.954. The van der Waals surface area contributed by atoms with Gasteiger partial charge in [0.25, 0.3) is 0 Å². The first kappa shape index (κ1) is 9.67. The molecule has 4 heteroatoms. The molecule has 1 atom stereocenters. The van der Waals surface area contributed by atoms with E-state index in [1.54, 1.807) is 6.20 Å². The number of amides is 1. The highest BCUT2D eigenvalue weighted by molar-refractivity contribution is 5.72. The van der Waals surface area contributed by atoms with Crippen molar-refractivity contribution in [1.29, 1.82) is 0 Å². The molecule has 13 heavy (non-hydrogen) atoms. The highest BCUT2D eigenvalue weighted by Crippen LogP contribution is 2.03. The zero-order valence-corrected chi connectivity index (χ0v) is 7.53. The smallest absolute Gasteiger partial charge is 0.216 e. The summed E-state index contributed by atoms with van der Waals surface area (Å²) in [6.07, 6.45) is 1.68. The van der Waals surface area contributed by atoms with E-state index in [9.17, 15) is 4.79 Å². The van der Waals surface area contributed by atoms with Crippen LogP contribution in [-0.4, -0.2) is 17.4 Å². The molecule has 0 fully saturated rings. The number of hydrogen-bond acceptors (Lipinski definition) is 3. The van der Waals surface area contributed by atoms with E-state index in [0.717, 1.165) is 5.69 Å². The van der Waals surface area contributed by atoms with Crippen LogP contribution in [0.25, 0.3) is 0 Å². The van der Waals surface area contributed by atoms with Crippen molar-refractivity contribution in [3.8, 4) is 0 Å². The monoisotopic (exact) mass is 179 g/mol. The Labute approximate surface area is 77.2 Å². The number of carbonyl (C=O) groups is 1. The van der Waals surface area contributed by atoms with E-state index < -0.39 is 0 Å². The molecule has 4 nitrogen and oxygen atoms in total. The SMILES string of the molecule is CC(=O)NCC(N)c1ccccn1. The van der Waals surface area contributed by atoms with Crippen LogP contribution in [0.5, 0.6) is 0 Å². The quantitative estimate of drug-likeness (QED) is 0.697. The van der Waals surface area contributed by atoms with Crippen LogP contribution in [0.1, 0.15) is 18.7 Å². The van der Waals surface area contributed by atoms with Crippen molar-refractivity contribution in [2.45, 2.75) is 13.0 Å². The maximum atomic E-state index is 10.6. The topological polar surface area (TPSA) is 68.0 Å². The van der Waals surface area contributed by atoms with E-state index in [-0.39, 0.29) is 11.9 Å². The molecule has 3 N–H and O–H groups in total. The molecule has 1 aromatic rings. The van der Waals surface area contributed by atoms with Crippen molar-refractivity contribution in [1.82, 2.24) is 10.3 Å². The molecule has 0 aliphatic rings. The first-order chi connectivity index (χ1) is 6.20. The second-order valence-electron chi connectivity index (χ2n) is 2.80. The summed E-state index contributed by atoms with van der Waals surface area (Å²) in [7, 11) is 0. The molecule has 1 amide bonds. The van der Waals surface area contributed by atoms with Crippen molar-refractivity contribution in [2.24, 2.45) is 5.73 Å². The lowest BCUT2D eigenvalue weighted by molar-refractivity contribution is -0.119. The van der Waals surface area contributed by atoms with Crippen LogP contribution in [0.2, 0.25) is 0 Å². The highest BCUT2D eigenvalue weighted by Gasteiger charge is 2.06. The van der Waals surface area contributed by atoms with E-state index in [1.807, 2.05) is 18.2 Å². The second-order valence-corrected chi connectivity index (χ2v) is 2.80. The van der Waals surface area contributed by atoms with Crippen LogP contribution in [0.4, 0.5) is 0 Å². The number of carbonyl (C=O) groups excluding carboxylic acids is 1. The Morgan fingerprint density at radius 1 is 1.69 bits per heavy atom. The van der Waals surface area contributed by atoms with Gasteiger partial charge >= 0.3 is 0 Å². The Bertz CT molecular complexity index is 273. The first-order valence-corrected chi connectivity index (χ1v) is 4.11. The molecule has 0 aliphatic heterocycles. The van der Waals surface area contributed by atoms with Gasteiger partial charge in [-0.05, 0) is 12.1 Å². The van der Waals surface area contributed by atoms with E-state index in [1.165, 1.54) is 6.92 Å². The molecule has 0 bridgehead atoms. The van der Waals surface area contributed by atoms with Crippen LogP contribution >= 0.6 is 0 Å². The Morgan fingerprint density at radius 3 is 3.00 bits per heavy atom. The number of aromatic nitrogens is 1. The zero-order chi connectivity index (χ0) is 9.68. The van der Waals surface area contributed by atoms with Crippen molar-refractivity contribution < 1.29 is 4.79 Å². The standard InChI is InChI=1S/C9H13N3O/c1-7(13)12-6-8(10)9-4-2-3-5-11-9/h2-5,8H,6,10H2,1H3,(H,12,13). The summed E-state index contributed by atoms with van der Waals surface area (Å²) in [5, 5.41) is 2.64. The molecule has 70 valence electrons. The van der Waals surface area contributed by atoms with Crippen molar-refractivity contribution >= 4 is 5.91 Å². The van der Waals surface area contributed by atoms with Gasteiger partial charge in [-0.3, -0.25) is 9.78 Å². The van der Waals surface area contributed by atoms with Crippen molar-refractivity contribution in [2.75, 3.05) is 6.54 Å². The van der Waals surface area contributed by atoms with Gasteiger partial charge in [0.1, 0.15) is 0 Å². The largest absolute Gasteiger partial charge is 0.354 e. The second kappa shape index (κ2) is 4.57. The normalized spacial score (nSPS) is 12.2. The third-order valence-electron chi connectivity index (χ3n) is 1.64. The average Bonchev–Trinajstić information content (AvgIpc) is 2.15. The van der Waals surface area contributed by atoms with E-state index in [2.05, 4.69) is 10.3 Å². The van der Waals surface area contributed by atoms with Crippen LogP contribution in [0, 0.1) is 0 Å². The van der Waals surface area contributed by atoms with E-state index >= 15 is 0 Å². The van der Waals surface area contributed by atoms with Gasteiger partial charge in [0, 0.05) is 19.7 Å². The molecular formula is C9H13N3O. The number of hydrogen-bond donors (Lipinski definition) is 2. The number of nitrogens with one attached hydrogen (secondary N) is 1. The third kappa shape index (κ3) is 3.21. The average molecular weight is 179 g/mol. The molecule has 0 spiro atoms. The maximum absolute atomic E-state index is 10.6. The van der Waals surface area contributed by atoms with Crippen LogP contribution in [0.3, 0.4) is 0 Å². The fraction of sp³-hybridized carbons (Fsp3) is 0.333. The Morgan fingerprint density at radius 2 is 2.46 bits per heavy atom. The summed E-state index contributed by atoms with van der Waals surface area (Å²) in [5.41, 5.74) is 6.55.